The molecule has 126 valence electrons. The van der Waals surface area contributed by atoms with Crippen LogP contribution in [0.25, 0.3) is 0 Å². The van der Waals surface area contributed by atoms with Crippen molar-refractivity contribution in [2.75, 3.05) is 13.1 Å². The molecule has 6 heteroatoms. The van der Waals surface area contributed by atoms with Gasteiger partial charge < -0.3 is 4.90 Å². The second-order valence-electron chi connectivity index (χ2n) is 6.41. The molecular weight excluding hydrogens is 312 g/mol. The zero-order valence-electron chi connectivity index (χ0n) is 13.5. The average Bonchev–Trinajstić information content (AvgIpc) is 2.77. The Bertz CT molecular complexity index is 660. The molecule has 0 bridgehead atoms. The van der Waals surface area contributed by atoms with Crippen molar-refractivity contribution in [2.45, 2.75) is 56.0 Å². The van der Waals surface area contributed by atoms with Gasteiger partial charge in [0.05, 0.1) is 4.90 Å². The number of piperidine rings is 1. The number of benzene rings is 1. The first-order valence-corrected chi connectivity index (χ1v) is 9.80. The molecule has 1 aromatic carbocycles. The van der Waals surface area contributed by atoms with Crippen molar-refractivity contribution in [3.8, 4) is 0 Å². The third kappa shape index (κ3) is 3.15. The topological polar surface area (TPSA) is 57.7 Å². The highest BCUT2D eigenvalue weighted by molar-refractivity contribution is 7.89. The molecule has 0 aliphatic carbocycles. The number of fused-ring (bicyclic) bond motifs is 1. The lowest BCUT2D eigenvalue weighted by atomic mass is 9.94. The van der Waals surface area contributed by atoms with Crippen molar-refractivity contribution >= 4 is 15.9 Å². The number of carbonyl (C=O) groups excluding carboxylic acids is 1. The van der Waals surface area contributed by atoms with Gasteiger partial charge in [0, 0.05) is 32.1 Å². The molecule has 1 amide bonds. The van der Waals surface area contributed by atoms with E-state index in [0.717, 1.165) is 38.6 Å². The maximum Gasteiger partial charge on any atom is 0.243 e. The molecule has 5 nitrogen and oxygen atoms in total. The molecule has 2 aliphatic rings. The van der Waals surface area contributed by atoms with Crippen molar-refractivity contribution in [3.63, 3.8) is 0 Å². The highest BCUT2D eigenvalue weighted by Crippen LogP contribution is 2.33. The maximum atomic E-state index is 13.1. The summed E-state index contributed by atoms with van der Waals surface area (Å²) in [5.41, 5.74) is 0. The van der Waals surface area contributed by atoms with Gasteiger partial charge in [0.25, 0.3) is 0 Å². The minimum Gasteiger partial charge on any atom is -0.338 e. The van der Waals surface area contributed by atoms with E-state index in [1.54, 1.807) is 35.5 Å². The van der Waals surface area contributed by atoms with Gasteiger partial charge >= 0.3 is 0 Å². The molecule has 0 N–H and O–H groups in total. The number of hydrogen-bond donors (Lipinski definition) is 0. The third-order valence-electron chi connectivity index (χ3n) is 5.00. The van der Waals surface area contributed by atoms with Crippen LogP contribution >= 0.6 is 0 Å². The Morgan fingerprint density at radius 3 is 2.39 bits per heavy atom. The van der Waals surface area contributed by atoms with Crippen molar-refractivity contribution < 1.29 is 13.2 Å². The molecule has 0 spiro atoms. The Labute approximate surface area is 138 Å². The Hall–Kier alpha value is -1.40. The van der Waals surface area contributed by atoms with E-state index in [1.165, 1.54) is 0 Å². The Kier molecular flexibility index (Phi) is 4.73. The Morgan fingerprint density at radius 1 is 1.00 bits per heavy atom. The molecule has 1 aromatic rings. The van der Waals surface area contributed by atoms with E-state index in [2.05, 4.69) is 0 Å². The van der Waals surface area contributed by atoms with Gasteiger partial charge in [0.2, 0.25) is 15.9 Å². The minimum absolute atomic E-state index is 0.0160. The van der Waals surface area contributed by atoms with E-state index in [-0.39, 0.29) is 18.0 Å². The van der Waals surface area contributed by atoms with Crippen molar-refractivity contribution in [1.29, 1.82) is 0 Å². The van der Waals surface area contributed by atoms with Crippen LogP contribution in [0.3, 0.4) is 0 Å². The lowest BCUT2D eigenvalue weighted by molar-refractivity contribution is -0.132. The molecule has 0 unspecified atom stereocenters. The van der Waals surface area contributed by atoms with E-state index in [1.807, 2.05) is 11.0 Å². The maximum absolute atomic E-state index is 13.1. The van der Waals surface area contributed by atoms with Gasteiger partial charge in [-0.3, -0.25) is 4.79 Å². The molecular formula is C17H24N2O3S. The second kappa shape index (κ2) is 6.61. The van der Waals surface area contributed by atoms with Crippen LogP contribution in [0.15, 0.2) is 35.2 Å². The zero-order valence-corrected chi connectivity index (χ0v) is 14.3. The van der Waals surface area contributed by atoms with E-state index >= 15 is 0 Å². The lowest BCUT2D eigenvalue weighted by Gasteiger charge is -2.43. The standard InChI is InChI=1S/C17H24N2O3S/c1-14(20)18-12-6-5-10-17-16(18)11-7-13-19(17)23(21,22)15-8-3-2-4-9-15/h2-4,8-9,16-17H,5-7,10-13H2,1H3/t16-,17-/m1/s1. The number of nitrogens with zero attached hydrogens (tertiary/aromatic N) is 2. The van der Waals surface area contributed by atoms with Crippen LogP contribution in [0, 0.1) is 0 Å². The van der Waals surface area contributed by atoms with Crippen molar-refractivity contribution in [1.82, 2.24) is 9.21 Å². The summed E-state index contributed by atoms with van der Waals surface area (Å²) >= 11 is 0. The molecule has 0 radical (unpaired) electrons. The number of likely N-dealkylation sites (tertiary alicyclic amines) is 1. The van der Waals surface area contributed by atoms with E-state index < -0.39 is 10.0 Å². The number of carbonyl (C=O) groups is 1. The summed E-state index contributed by atoms with van der Waals surface area (Å²) in [6.45, 7) is 2.88. The predicted molar refractivity (Wildman–Crippen MR) is 88.4 cm³/mol. The summed E-state index contributed by atoms with van der Waals surface area (Å²) in [7, 11) is -3.50. The summed E-state index contributed by atoms with van der Waals surface area (Å²) in [5.74, 6) is 0.0564. The quantitative estimate of drug-likeness (QED) is 0.832. The predicted octanol–water partition coefficient (Wildman–Crippen LogP) is 2.24. The number of hydrogen-bond acceptors (Lipinski definition) is 3. The summed E-state index contributed by atoms with van der Waals surface area (Å²) < 4.78 is 27.8. The average molecular weight is 336 g/mol. The summed E-state index contributed by atoms with van der Waals surface area (Å²) in [4.78, 5) is 14.2. The van der Waals surface area contributed by atoms with Crippen molar-refractivity contribution in [3.05, 3.63) is 30.3 Å². The van der Waals surface area contributed by atoms with Gasteiger partial charge in [-0.25, -0.2) is 8.42 Å². The molecule has 0 saturated carbocycles. The number of sulfonamides is 1. The van der Waals surface area contributed by atoms with Crippen LogP contribution in [0.5, 0.6) is 0 Å². The SMILES string of the molecule is CC(=O)N1CCCC[C@@H]2[C@H]1CCCN2S(=O)(=O)c1ccccc1. The summed E-state index contributed by atoms with van der Waals surface area (Å²) in [5, 5.41) is 0. The fraction of sp³-hybridized carbons (Fsp3) is 0.588. The van der Waals surface area contributed by atoms with Crippen LogP contribution < -0.4 is 0 Å². The zero-order chi connectivity index (χ0) is 16.4. The van der Waals surface area contributed by atoms with Gasteiger partial charge in [0.15, 0.2) is 0 Å². The smallest absolute Gasteiger partial charge is 0.243 e. The van der Waals surface area contributed by atoms with Gasteiger partial charge in [-0.05, 0) is 37.8 Å². The minimum atomic E-state index is -3.50. The molecule has 2 atom stereocenters. The first-order chi connectivity index (χ1) is 11.0. The lowest BCUT2D eigenvalue weighted by Crippen LogP contribution is -2.57. The fourth-order valence-electron chi connectivity index (χ4n) is 3.93. The van der Waals surface area contributed by atoms with Crippen molar-refractivity contribution in [2.24, 2.45) is 0 Å². The molecule has 23 heavy (non-hydrogen) atoms. The van der Waals surface area contributed by atoms with Crippen LogP contribution in [0.2, 0.25) is 0 Å². The van der Waals surface area contributed by atoms with E-state index in [0.29, 0.717) is 11.4 Å². The Balaban J connectivity index is 1.95. The molecule has 2 heterocycles. The Morgan fingerprint density at radius 2 is 1.70 bits per heavy atom. The summed E-state index contributed by atoms with van der Waals surface area (Å²) in [6.07, 6.45) is 4.44. The first-order valence-electron chi connectivity index (χ1n) is 8.36. The molecule has 2 saturated heterocycles. The van der Waals surface area contributed by atoms with E-state index in [9.17, 15) is 13.2 Å². The first kappa shape index (κ1) is 16.5. The van der Waals surface area contributed by atoms with Crippen LogP contribution in [0.4, 0.5) is 0 Å². The van der Waals surface area contributed by atoms with E-state index in [4.69, 9.17) is 0 Å². The van der Waals surface area contributed by atoms with Crippen LogP contribution in [-0.2, 0) is 14.8 Å². The molecule has 3 rings (SSSR count). The van der Waals surface area contributed by atoms with Gasteiger partial charge in [-0.15, -0.1) is 0 Å². The van der Waals surface area contributed by atoms with Gasteiger partial charge in [0.1, 0.15) is 0 Å². The molecule has 0 aromatic heterocycles. The summed E-state index contributed by atoms with van der Waals surface area (Å²) in [6, 6.07) is 8.55. The van der Waals surface area contributed by atoms with Gasteiger partial charge in [-0.1, -0.05) is 24.6 Å². The molecule has 2 fully saturated rings. The third-order valence-corrected chi connectivity index (χ3v) is 6.93. The number of amides is 1. The highest BCUT2D eigenvalue weighted by Gasteiger charge is 2.42. The highest BCUT2D eigenvalue weighted by atomic mass is 32.2. The molecule has 2 aliphatic heterocycles. The second-order valence-corrected chi connectivity index (χ2v) is 8.30. The van der Waals surface area contributed by atoms with Crippen LogP contribution in [0.1, 0.15) is 39.0 Å². The van der Waals surface area contributed by atoms with Gasteiger partial charge in [-0.2, -0.15) is 4.31 Å². The monoisotopic (exact) mass is 336 g/mol. The van der Waals surface area contributed by atoms with Crippen LogP contribution in [-0.4, -0.2) is 48.7 Å². The fourth-order valence-corrected chi connectivity index (χ4v) is 5.67. The normalized spacial score (nSPS) is 26.4. The number of rotatable bonds is 2. The largest absolute Gasteiger partial charge is 0.338 e.